The van der Waals surface area contributed by atoms with E-state index >= 15 is 0 Å². The summed E-state index contributed by atoms with van der Waals surface area (Å²) in [6, 6.07) is 26.8. The van der Waals surface area contributed by atoms with Crippen LogP contribution in [0.1, 0.15) is 5.76 Å². The van der Waals surface area contributed by atoms with Gasteiger partial charge in [-0.05, 0) is 72.8 Å². The van der Waals surface area contributed by atoms with Crippen LogP contribution in [-0.2, 0) is 6.54 Å². The first-order valence-electron chi connectivity index (χ1n) is 11.9. The molecular formula is C30H22Cl2N2O4. The Balaban J connectivity index is 1.36. The highest BCUT2D eigenvalue weighted by Gasteiger charge is 2.18. The third-order valence-electron chi connectivity index (χ3n) is 6.33. The molecule has 8 heteroatoms. The van der Waals surface area contributed by atoms with Crippen LogP contribution in [0.25, 0.3) is 45.3 Å². The fourth-order valence-electron chi connectivity index (χ4n) is 4.45. The van der Waals surface area contributed by atoms with E-state index in [4.69, 9.17) is 46.5 Å². The minimum atomic E-state index is 0.462. The minimum absolute atomic E-state index is 0.462. The van der Waals surface area contributed by atoms with Gasteiger partial charge in [-0.3, -0.25) is 0 Å². The first kappa shape index (κ1) is 24.2. The fraction of sp³-hybridized carbons (Fsp3) is 0.100. The molecule has 0 radical (unpaired) electrons. The van der Waals surface area contributed by atoms with Gasteiger partial charge >= 0.3 is 0 Å². The van der Waals surface area contributed by atoms with Gasteiger partial charge in [-0.25, -0.2) is 4.98 Å². The van der Waals surface area contributed by atoms with Crippen molar-refractivity contribution in [3.05, 3.63) is 101 Å². The van der Waals surface area contributed by atoms with Gasteiger partial charge in [-0.15, -0.1) is 0 Å². The lowest BCUT2D eigenvalue weighted by atomic mass is 10.1. The van der Waals surface area contributed by atoms with Crippen LogP contribution in [0.4, 0.5) is 0 Å². The number of benzene rings is 3. The van der Waals surface area contributed by atoms with E-state index in [0.717, 1.165) is 27.9 Å². The topological polar surface area (TPSA) is 62.6 Å². The molecule has 0 saturated carbocycles. The van der Waals surface area contributed by atoms with Crippen LogP contribution in [0.3, 0.4) is 0 Å². The van der Waals surface area contributed by atoms with Gasteiger partial charge in [-0.2, -0.15) is 0 Å². The third kappa shape index (κ3) is 4.42. The molecular weight excluding hydrogens is 523 g/mol. The standard InChI is InChI=1S/C30H22Cl2N2O4/c1-35-27-10-7-18(15-21(27)31)25-12-9-20(37-25)17-34-24-6-4-3-5-23(24)33-30(34)29-14-13-26(38-29)19-8-11-28(36-2)22(32)16-19/h3-16H,17H2,1-2H3. The Morgan fingerprint density at radius 1 is 0.711 bits per heavy atom. The van der Waals surface area contributed by atoms with E-state index in [1.54, 1.807) is 14.2 Å². The number of imidazole rings is 1. The Kier molecular flexibility index (Phi) is 6.35. The summed E-state index contributed by atoms with van der Waals surface area (Å²) in [6.07, 6.45) is 0. The quantitative estimate of drug-likeness (QED) is 0.201. The number of ether oxygens (including phenoxy) is 2. The lowest BCUT2D eigenvalue weighted by molar-refractivity contribution is 0.415. The average molecular weight is 545 g/mol. The van der Waals surface area contributed by atoms with Crippen LogP contribution in [-0.4, -0.2) is 23.8 Å². The lowest BCUT2D eigenvalue weighted by Gasteiger charge is -2.07. The first-order chi connectivity index (χ1) is 18.5. The van der Waals surface area contributed by atoms with Gasteiger partial charge in [0.25, 0.3) is 0 Å². The van der Waals surface area contributed by atoms with Crippen molar-refractivity contribution in [1.29, 1.82) is 0 Å². The molecule has 0 spiro atoms. The number of fused-ring (bicyclic) bond motifs is 1. The normalized spacial score (nSPS) is 11.3. The number of nitrogens with zero attached hydrogens (tertiary/aromatic N) is 2. The molecule has 0 aliphatic carbocycles. The smallest absolute Gasteiger partial charge is 0.177 e. The molecule has 6 rings (SSSR count). The summed E-state index contributed by atoms with van der Waals surface area (Å²) in [5.41, 5.74) is 3.55. The number of halogens is 2. The number of hydrogen-bond acceptors (Lipinski definition) is 5. The summed E-state index contributed by atoms with van der Waals surface area (Å²) in [4.78, 5) is 4.88. The van der Waals surface area contributed by atoms with E-state index in [-0.39, 0.29) is 0 Å². The zero-order chi connectivity index (χ0) is 26.2. The van der Waals surface area contributed by atoms with Crippen molar-refractivity contribution < 1.29 is 18.3 Å². The average Bonchev–Trinajstić information content (AvgIpc) is 3.68. The summed E-state index contributed by atoms with van der Waals surface area (Å²) in [6.45, 7) is 0.462. The zero-order valence-corrected chi connectivity index (χ0v) is 22.1. The van der Waals surface area contributed by atoms with E-state index in [1.807, 2.05) is 84.9 Å². The maximum absolute atomic E-state index is 6.34. The number of methoxy groups -OCH3 is 2. The molecule has 190 valence electrons. The molecule has 0 N–H and O–H groups in total. The van der Waals surface area contributed by atoms with E-state index in [1.165, 1.54) is 0 Å². The molecule has 0 fully saturated rings. The summed E-state index contributed by atoms with van der Waals surface area (Å²) in [7, 11) is 3.18. The van der Waals surface area contributed by atoms with Gasteiger partial charge < -0.3 is 22.9 Å². The van der Waals surface area contributed by atoms with Crippen LogP contribution >= 0.6 is 23.2 Å². The molecule has 3 aromatic carbocycles. The van der Waals surface area contributed by atoms with Gasteiger partial charge in [0.2, 0.25) is 0 Å². The number of para-hydroxylation sites is 2. The van der Waals surface area contributed by atoms with Crippen molar-refractivity contribution in [3.63, 3.8) is 0 Å². The van der Waals surface area contributed by atoms with E-state index in [0.29, 0.717) is 51.2 Å². The van der Waals surface area contributed by atoms with Crippen molar-refractivity contribution in [2.75, 3.05) is 14.2 Å². The van der Waals surface area contributed by atoms with Crippen molar-refractivity contribution in [2.24, 2.45) is 0 Å². The lowest BCUT2D eigenvalue weighted by Crippen LogP contribution is -2.00. The largest absolute Gasteiger partial charge is 0.495 e. The third-order valence-corrected chi connectivity index (χ3v) is 6.92. The van der Waals surface area contributed by atoms with E-state index in [9.17, 15) is 0 Å². The van der Waals surface area contributed by atoms with Crippen molar-refractivity contribution in [3.8, 4) is 45.7 Å². The van der Waals surface area contributed by atoms with E-state index < -0.39 is 0 Å². The van der Waals surface area contributed by atoms with Crippen LogP contribution < -0.4 is 9.47 Å². The SMILES string of the molecule is COc1ccc(-c2ccc(Cn3c(-c4ccc(-c5ccc(OC)c(Cl)c5)o4)nc4ccccc43)o2)cc1Cl. The second-order valence-corrected chi connectivity index (χ2v) is 9.45. The van der Waals surface area contributed by atoms with Crippen molar-refractivity contribution >= 4 is 34.2 Å². The summed E-state index contributed by atoms with van der Waals surface area (Å²) in [5, 5.41) is 1.04. The predicted octanol–water partition coefficient (Wildman–Crippen LogP) is 8.60. The Labute approximate surface area is 228 Å². The molecule has 0 atom stereocenters. The molecule has 0 aliphatic rings. The molecule has 6 nitrogen and oxygen atoms in total. The highest BCUT2D eigenvalue weighted by Crippen LogP contribution is 2.35. The van der Waals surface area contributed by atoms with Crippen LogP contribution in [0.2, 0.25) is 10.0 Å². The first-order valence-corrected chi connectivity index (χ1v) is 12.6. The second kappa shape index (κ2) is 9.97. The number of furan rings is 2. The van der Waals surface area contributed by atoms with E-state index in [2.05, 4.69) is 4.57 Å². The molecule has 6 aromatic rings. The van der Waals surface area contributed by atoms with Crippen LogP contribution in [0, 0.1) is 0 Å². The van der Waals surface area contributed by atoms with Gasteiger partial charge in [0.15, 0.2) is 11.6 Å². The number of rotatable bonds is 7. The highest BCUT2D eigenvalue weighted by atomic mass is 35.5. The predicted molar refractivity (Wildman–Crippen MR) is 149 cm³/mol. The number of hydrogen-bond donors (Lipinski definition) is 0. The molecule has 3 heterocycles. The molecule has 0 saturated heterocycles. The summed E-state index contributed by atoms with van der Waals surface area (Å²) in [5.74, 6) is 4.72. The summed E-state index contributed by atoms with van der Waals surface area (Å²) < 4.78 is 25.1. The highest BCUT2D eigenvalue weighted by molar-refractivity contribution is 6.32. The summed E-state index contributed by atoms with van der Waals surface area (Å²) >= 11 is 12.7. The second-order valence-electron chi connectivity index (χ2n) is 8.64. The monoisotopic (exact) mass is 544 g/mol. The molecule has 0 unspecified atom stereocenters. The number of aromatic nitrogens is 2. The molecule has 38 heavy (non-hydrogen) atoms. The van der Waals surface area contributed by atoms with Crippen LogP contribution in [0.5, 0.6) is 11.5 Å². The minimum Gasteiger partial charge on any atom is -0.495 e. The van der Waals surface area contributed by atoms with Crippen molar-refractivity contribution in [2.45, 2.75) is 6.54 Å². The van der Waals surface area contributed by atoms with Crippen LogP contribution in [0.15, 0.2) is 93.8 Å². The molecule has 0 aliphatic heterocycles. The van der Waals surface area contributed by atoms with Gasteiger partial charge in [0, 0.05) is 11.1 Å². The Morgan fingerprint density at radius 3 is 1.97 bits per heavy atom. The Bertz CT molecular complexity index is 1770. The Hall–Kier alpha value is -4.13. The molecule has 3 aromatic heterocycles. The van der Waals surface area contributed by atoms with Gasteiger partial charge in [0.05, 0.1) is 41.8 Å². The maximum Gasteiger partial charge on any atom is 0.177 e. The van der Waals surface area contributed by atoms with Gasteiger partial charge in [-0.1, -0.05) is 35.3 Å². The van der Waals surface area contributed by atoms with Gasteiger partial charge in [0.1, 0.15) is 28.8 Å². The Morgan fingerprint density at radius 2 is 1.32 bits per heavy atom. The zero-order valence-electron chi connectivity index (χ0n) is 20.6. The van der Waals surface area contributed by atoms with Crippen molar-refractivity contribution in [1.82, 2.24) is 9.55 Å². The molecule has 0 amide bonds. The maximum atomic E-state index is 6.34. The fourth-order valence-corrected chi connectivity index (χ4v) is 4.97. The molecule has 0 bridgehead atoms.